The molecule has 0 spiro atoms. The lowest BCUT2D eigenvalue weighted by molar-refractivity contribution is 1.27. The zero-order valence-electron chi connectivity index (χ0n) is 15.8. The fourth-order valence-corrected chi connectivity index (χ4v) is 12.6. The third kappa shape index (κ3) is 3.55. The van der Waals surface area contributed by atoms with E-state index in [0.717, 1.165) is 0 Å². The van der Waals surface area contributed by atoms with Crippen LogP contribution in [0.4, 0.5) is 0 Å². The molecule has 7 heteroatoms. The predicted molar refractivity (Wildman–Crippen MR) is 147 cm³/mol. The predicted octanol–water partition coefficient (Wildman–Crippen LogP) is 10.6. The maximum atomic E-state index is 2.37. The molecule has 2 aliphatic rings. The molecular weight excluding hydrogens is 513 g/mol. The quantitative estimate of drug-likeness (QED) is 0.225. The Labute approximate surface area is 208 Å². The summed E-state index contributed by atoms with van der Waals surface area (Å²) in [5, 5.41) is 0. The smallest absolute Gasteiger partial charge is 0.0635 e. The van der Waals surface area contributed by atoms with Crippen LogP contribution in [0.1, 0.15) is 9.75 Å². The molecule has 0 nitrogen and oxygen atoms in total. The summed E-state index contributed by atoms with van der Waals surface area (Å²) in [6.45, 7) is 0. The van der Waals surface area contributed by atoms with Crippen molar-refractivity contribution in [3.05, 3.63) is 78.9 Å². The summed E-state index contributed by atoms with van der Waals surface area (Å²) < 4.78 is 8.47. The van der Waals surface area contributed by atoms with Crippen LogP contribution in [0.25, 0.3) is 31.0 Å². The van der Waals surface area contributed by atoms with Gasteiger partial charge in [-0.15, -0.1) is 34.0 Å². The van der Waals surface area contributed by atoms with Crippen LogP contribution in [0.5, 0.6) is 0 Å². The van der Waals surface area contributed by atoms with Gasteiger partial charge in [0.05, 0.1) is 17.9 Å². The van der Waals surface area contributed by atoms with Crippen LogP contribution in [-0.4, -0.2) is 0 Å². The van der Waals surface area contributed by atoms with Gasteiger partial charge in [0.25, 0.3) is 0 Å². The number of hydrogen-bond acceptors (Lipinski definition) is 7. The molecule has 0 saturated heterocycles. The second-order valence-corrected chi connectivity index (χ2v) is 15.1. The third-order valence-electron chi connectivity index (χ3n) is 4.92. The first-order chi connectivity index (χ1) is 15.3. The van der Waals surface area contributed by atoms with Crippen LogP contribution < -0.4 is 0 Å². The molecule has 0 unspecified atom stereocenters. The Morgan fingerprint density at radius 3 is 1.26 bits per heavy atom. The molecule has 150 valence electrons. The Hall–Kier alpha value is -1.06. The normalized spacial score (nSPS) is 15.1. The Morgan fingerprint density at radius 2 is 0.871 bits per heavy atom. The molecule has 0 saturated carbocycles. The summed E-state index contributed by atoms with van der Waals surface area (Å²) in [4.78, 5) is 8.22. The Bertz CT molecular complexity index is 1370. The number of hydrogen-bond donors (Lipinski definition) is 0. The summed E-state index contributed by atoms with van der Waals surface area (Å²) in [6.07, 6.45) is 4.72. The average Bonchev–Trinajstić information content (AvgIpc) is 3.54. The van der Waals surface area contributed by atoms with Gasteiger partial charge in [0.15, 0.2) is 0 Å². The summed E-state index contributed by atoms with van der Waals surface area (Å²) in [5.74, 6) is 0. The lowest BCUT2D eigenvalue weighted by Gasteiger charge is -1.91. The molecule has 3 aromatic heterocycles. The van der Waals surface area contributed by atoms with E-state index in [0.29, 0.717) is 0 Å². The number of rotatable bonds is 2. The second kappa shape index (κ2) is 7.76. The van der Waals surface area contributed by atoms with Gasteiger partial charge in [-0.3, -0.25) is 0 Å². The lowest BCUT2D eigenvalue weighted by Crippen LogP contribution is -1.65. The highest BCUT2D eigenvalue weighted by molar-refractivity contribution is 8.25. The van der Waals surface area contributed by atoms with Crippen LogP contribution >= 0.6 is 81.1 Å². The van der Waals surface area contributed by atoms with Crippen molar-refractivity contribution >= 4 is 112 Å². The van der Waals surface area contributed by atoms with E-state index < -0.39 is 0 Å². The molecule has 0 radical (unpaired) electrons. The van der Waals surface area contributed by atoms with Crippen molar-refractivity contribution in [1.82, 2.24) is 0 Å². The summed E-state index contributed by atoms with van der Waals surface area (Å²) in [6, 6.07) is 22.1. The SMILES string of the molecule is C(=C1Sc2ccccc2S1)c1cc2sc3cc(C=C4Sc5ccccc5S4)sc3c2s1. The summed E-state index contributed by atoms with van der Waals surface area (Å²) in [5.41, 5.74) is 0. The minimum absolute atomic E-state index is 1.36. The zero-order valence-corrected chi connectivity index (χ0v) is 21.5. The van der Waals surface area contributed by atoms with Gasteiger partial charge in [-0.05, 0) is 48.6 Å². The monoisotopic (exact) mass is 524 g/mol. The van der Waals surface area contributed by atoms with Crippen molar-refractivity contribution in [3.8, 4) is 0 Å². The van der Waals surface area contributed by atoms with E-state index in [4.69, 9.17) is 0 Å². The third-order valence-corrected chi connectivity index (χ3v) is 13.4. The van der Waals surface area contributed by atoms with Crippen LogP contribution in [0.15, 0.2) is 88.7 Å². The van der Waals surface area contributed by atoms with Crippen molar-refractivity contribution in [3.63, 3.8) is 0 Å². The highest BCUT2D eigenvalue weighted by Crippen LogP contribution is 2.54. The second-order valence-electron chi connectivity index (χ2n) is 7.01. The van der Waals surface area contributed by atoms with Crippen molar-refractivity contribution in [2.75, 3.05) is 0 Å². The van der Waals surface area contributed by atoms with Crippen LogP contribution in [0, 0.1) is 0 Å². The van der Waals surface area contributed by atoms with E-state index in [1.54, 1.807) is 0 Å². The van der Waals surface area contributed by atoms with E-state index in [9.17, 15) is 0 Å². The van der Waals surface area contributed by atoms with E-state index in [1.165, 1.54) is 56.6 Å². The summed E-state index contributed by atoms with van der Waals surface area (Å²) >= 11 is 13.3. The van der Waals surface area contributed by atoms with Gasteiger partial charge >= 0.3 is 0 Å². The molecular formula is C24H12S7. The van der Waals surface area contributed by atoms with Crippen molar-refractivity contribution in [1.29, 1.82) is 0 Å². The van der Waals surface area contributed by atoms with Crippen molar-refractivity contribution in [2.45, 2.75) is 19.6 Å². The first kappa shape index (κ1) is 19.4. The molecule has 0 N–H and O–H groups in total. The average molecular weight is 525 g/mol. The molecule has 0 atom stereocenters. The molecule has 2 aliphatic heterocycles. The highest BCUT2D eigenvalue weighted by atomic mass is 32.2. The Kier molecular flexibility index (Phi) is 4.86. The lowest BCUT2D eigenvalue weighted by atomic mass is 10.4. The van der Waals surface area contributed by atoms with Crippen LogP contribution in [0.2, 0.25) is 0 Å². The number of fused-ring (bicyclic) bond motifs is 5. The van der Waals surface area contributed by atoms with Gasteiger partial charge in [0.2, 0.25) is 0 Å². The fourth-order valence-electron chi connectivity index (χ4n) is 3.58. The molecule has 31 heavy (non-hydrogen) atoms. The van der Waals surface area contributed by atoms with E-state index in [1.807, 2.05) is 81.1 Å². The van der Waals surface area contributed by atoms with Gasteiger partial charge in [0.1, 0.15) is 0 Å². The van der Waals surface area contributed by atoms with E-state index in [-0.39, 0.29) is 0 Å². The number of thiophene rings is 3. The highest BCUT2D eigenvalue weighted by Gasteiger charge is 2.19. The maximum absolute atomic E-state index is 2.37. The standard InChI is InChI=1S/C24H12S7/c1-2-6-16-15(5-1)28-21(29-16)11-13-9-19-23(25-13)24-20(27-19)10-14(26-24)12-22-30-17-7-3-4-8-18(17)31-22/h1-12H. The largest absolute Gasteiger partial charge is 0.133 e. The van der Waals surface area contributed by atoms with Gasteiger partial charge in [0, 0.05) is 38.7 Å². The van der Waals surface area contributed by atoms with E-state index in [2.05, 4.69) is 72.8 Å². The first-order valence-corrected chi connectivity index (χ1v) is 15.3. The first-order valence-electron chi connectivity index (χ1n) is 9.57. The number of thioether (sulfide) groups is 4. The minimum atomic E-state index is 1.36. The van der Waals surface area contributed by atoms with Crippen molar-refractivity contribution in [2.24, 2.45) is 0 Å². The maximum Gasteiger partial charge on any atom is 0.0635 e. The summed E-state index contributed by atoms with van der Waals surface area (Å²) in [7, 11) is 0. The van der Waals surface area contributed by atoms with E-state index >= 15 is 0 Å². The van der Waals surface area contributed by atoms with Crippen molar-refractivity contribution < 1.29 is 0 Å². The molecule has 2 aromatic carbocycles. The molecule has 5 aromatic rings. The van der Waals surface area contributed by atoms with Gasteiger partial charge in [-0.25, -0.2) is 0 Å². The van der Waals surface area contributed by atoms with Crippen LogP contribution in [0.3, 0.4) is 0 Å². The fraction of sp³-hybridized carbons (Fsp3) is 0. The van der Waals surface area contributed by atoms with Gasteiger partial charge < -0.3 is 0 Å². The zero-order chi connectivity index (χ0) is 20.4. The Morgan fingerprint density at radius 1 is 0.484 bits per heavy atom. The molecule has 0 aliphatic carbocycles. The van der Waals surface area contributed by atoms with Crippen LogP contribution in [-0.2, 0) is 0 Å². The molecule has 0 fully saturated rings. The molecule has 5 heterocycles. The molecule has 7 rings (SSSR count). The van der Waals surface area contributed by atoms with Gasteiger partial charge in [-0.2, -0.15) is 0 Å². The molecule has 0 bridgehead atoms. The van der Waals surface area contributed by atoms with Gasteiger partial charge in [-0.1, -0.05) is 71.3 Å². The number of benzene rings is 2. The Balaban J connectivity index is 1.19. The molecule has 0 amide bonds. The topological polar surface area (TPSA) is 0 Å². The minimum Gasteiger partial charge on any atom is -0.133 e.